The van der Waals surface area contributed by atoms with E-state index in [1.54, 1.807) is 0 Å². The second kappa shape index (κ2) is 9.76. The first-order chi connectivity index (χ1) is 13.7. The van der Waals surface area contributed by atoms with E-state index in [1.165, 1.54) is 23.7 Å². The number of rotatable bonds is 9. The lowest BCUT2D eigenvalue weighted by Gasteiger charge is -2.14. The van der Waals surface area contributed by atoms with Gasteiger partial charge in [0, 0.05) is 25.1 Å². The number of carbonyl (C=O) groups is 1. The summed E-state index contributed by atoms with van der Waals surface area (Å²) in [5.74, 6) is 0.0455. The summed E-state index contributed by atoms with van der Waals surface area (Å²) < 4.78 is 41.2. The van der Waals surface area contributed by atoms with Crippen LogP contribution in [0.15, 0.2) is 29.1 Å². The van der Waals surface area contributed by atoms with Crippen LogP contribution in [-0.4, -0.2) is 26.8 Å². The Morgan fingerprint density at radius 3 is 2.45 bits per heavy atom. The van der Waals surface area contributed by atoms with Crippen molar-refractivity contribution in [1.29, 1.82) is 0 Å². The third kappa shape index (κ3) is 5.71. The molecule has 0 saturated heterocycles. The summed E-state index contributed by atoms with van der Waals surface area (Å²) in [5, 5.41) is 6.99. The van der Waals surface area contributed by atoms with E-state index in [2.05, 4.69) is 10.4 Å². The van der Waals surface area contributed by atoms with Crippen molar-refractivity contribution >= 4 is 5.91 Å². The van der Waals surface area contributed by atoms with Crippen molar-refractivity contribution in [2.24, 2.45) is 13.0 Å². The van der Waals surface area contributed by atoms with Crippen LogP contribution in [0.5, 0.6) is 0 Å². The van der Waals surface area contributed by atoms with E-state index in [4.69, 9.17) is 0 Å². The van der Waals surface area contributed by atoms with Gasteiger partial charge in [-0.15, -0.1) is 5.10 Å². The van der Waals surface area contributed by atoms with Crippen molar-refractivity contribution in [2.45, 2.75) is 52.3 Å². The smallest absolute Gasteiger partial charge is 0.354 e. The monoisotopic (exact) mass is 412 g/mol. The largest absolute Gasteiger partial charge is 0.416 e. The number of alkyl halides is 3. The van der Waals surface area contributed by atoms with E-state index in [0.29, 0.717) is 0 Å². The molecule has 29 heavy (non-hydrogen) atoms. The second-order valence-corrected chi connectivity index (χ2v) is 7.03. The lowest BCUT2D eigenvalue weighted by Crippen LogP contribution is -2.35. The number of aromatic nitrogens is 3. The first-order valence-corrected chi connectivity index (χ1v) is 9.78. The van der Waals surface area contributed by atoms with Gasteiger partial charge in [-0.2, -0.15) is 13.2 Å². The number of carbonyl (C=O) groups excluding carboxylic acids is 1. The van der Waals surface area contributed by atoms with E-state index in [-0.39, 0.29) is 36.3 Å². The van der Waals surface area contributed by atoms with Crippen LogP contribution in [0.2, 0.25) is 0 Å². The molecule has 1 N–H and O–H groups in total. The molecule has 0 spiro atoms. The molecule has 160 valence electrons. The van der Waals surface area contributed by atoms with E-state index in [0.717, 1.165) is 42.5 Å². The van der Waals surface area contributed by atoms with Crippen LogP contribution in [0.4, 0.5) is 13.2 Å². The highest BCUT2D eigenvalue weighted by Gasteiger charge is 2.31. The molecule has 1 heterocycles. The Morgan fingerprint density at radius 1 is 1.21 bits per heavy atom. The molecule has 0 bridgehead atoms. The molecule has 2 aromatic rings. The number of nitrogens with one attached hydrogen (secondary N) is 1. The maximum absolute atomic E-state index is 13.0. The van der Waals surface area contributed by atoms with Crippen LogP contribution in [0.3, 0.4) is 0 Å². The van der Waals surface area contributed by atoms with Crippen LogP contribution in [-0.2, 0) is 24.6 Å². The number of halogens is 3. The molecule has 0 atom stereocenters. The zero-order chi connectivity index (χ0) is 21.6. The molecular formula is C20H27F3N4O2. The Labute approximate surface area is 167 Å². The molecule has 0 unspecified atom stereocenters. The number of amides is 1. The Hall–Kier alpha value is -2.58. The van der Waals surface area contributed by atoms with Crippen LogP contribution in [0, 0.1) is 5.92 Å². The summed E-state index contributed by atoms with van der Waals surface area (Å²) in [6.45, 7) is 4.42. The first-order valence-electron chi connectivity index (χ1n) is 9.78. The van der Waals surface area contributed by atoms with Crippen molar-refractivity contribution in [3.63, 3.8) is 0 Å². The fraction of sp³-hybridized carbons (Fsp3) is 0.550. The molecule has 0 aliphatic heterocycles. The molecule has 1 aromatic carbocycles. The van der Waals surface area contributed by atoms with Crippen molar-refractivity contribution in [2.75, 3.05) is 6.54 Å². The van der Waals surface area contributed by atoms with Crippen LogP contribution in [0.1, 0.15) is 45.1 Å². The highest BCUT2D eigenvalue weighted by Crippen LogP contribution is 2.31. The average Bonchev–Trinajstić information content (AvgIpc) is 2.96. The lowest BCUT2D eigenvalue weighted by atomic mass is 9.97. The minimum absolute atomic E-state index is 0.0456. The molecule has 9 heteroatoms. The van der Waals surface area contributed by atoms with Crippen molar-refractivity contribution in [3.8, 4) is 11.4 Å². The van der Waals surface area contributed by atoms with Crippen LogP contribution >= 0.6 is 0 Å². The van der Waals surface area contributed by atoms with E-state index < -0.39 is 17.4 Å². The molecule has 0 aliphatic rings. The molecule has 0 aliphatic carbocycles. The zero-order valence-electron chi connectivity index (χ0n) is 16.9. The van der Waals surface area contributed by atoms with Gasteiger partial charge in [0.25, 0.3) is 0 Å². The van der Waals surface area contributed by atoms with Gasteiger partial charge < -0.3 is 5.32 Å². The average molecular weight is 412 g/mol. The fourth-order valence-corrected chi connectivity index (χ4v) is 3.25. The summed E-state index contributed by atoms with van der Waals surface area (Å²) in [5.41, 5.74) is -1.05. The molecule has 0 fully saturated rings. The van der Waals surface area contributed by atoms with Gasteiger partial charge in [-0.1, -0.05) is 38.8 Å². The Balaban J connectivity index is 2.12. The van der Waals surface area contributed by atoms with Crippen molar-refractivity contribution in [1.82, 2.24) is 19.7 Å². The number of benzene rings is 1. The zero-order valence-corrected chi connectivity index (χ0v) is 16.9. The van der Waals surface area contributed by atoms with Gasteiger partial charge in [-0.25, -0.2) is 9.48 Å². The first kappa shape index (κ1) is 22.7. The molecule has 1 amide bonds. The predicted molar refractivity (Wildman–Crippen MR) is 104 cm³/mol. The molecule has 0 radical (unpaired) electrons. The summed E-state index contributed by atoms with van der Waals surface area (Å²) in [4.78, 5) is 24.7. The third-order valence-corrected chi connectivity index (χ3v) is 4.76. The fourth-order valence-electron chi connectivity index (χ4n) is 3.25. The Bertz CT molecular complexity index is 881. The maximum atomic E-state index is 13.0. The van der Waals surface area contributed by atoms with Gasteiger partial charge in [0.1, 0.15) is 0 Å². The topological polar surface area (TPSA) is 68.9 Å². The Kier molecular flexibility index (Phi) is 7.64. The van der Waals surface area contributed by atoms with Gasteiger partial charge >= 0.3 is 11.9 Å². The Morgan fingerprint density at radius 2 is 1.86 bits per heavy atom. The minimum Gasteiger partial charge on any atom is -0.354 e. The minimum atomic E-state index is -4.48. The summed E-state index contributed by atoms with van der Waals surface area (Å²) >= 11 is 0. The van der Waals surface area contributed by atoms with Crippen LogP contribution < -0.4 is 11.0 Å². The van der Waals surface area contributed by atoms with Gasteiger partial charge in [0.15, 0.2) is 5.82 Å². The standard InChI is InChI=1S/C20H27F3N4O2/c1-4-7-14(8-5-2)18(28)24-11-12-27-19(29)26(3)17(25-27)15-9-6-10-16(13-15)20(21,22)23/h6,9-10,13-14H,4-5,7-8,11-12H2,1-3H3,(H,24,28). The van der Waals surface area contributed by atoms with Gasteiger partial charge in [0.05, 0.1) is 12.1 Å². The number of hydrogen-bond donors (Lipinski definition) is 1. The SMILES string of the molecule is CCCC(CCC)C(=O)NCCn1nc(-c2cccc(C(F)(F)F)c2)n(C)c1=O. The van der Waals surface area contributed by atoms with Crippen LogP contribution in [0.25, 0.3) is 11.4 Å². The highest BCUT2D eigenvalue weighted by molar-refractivity contribution is 5.78. The number of hydrogen-bond acceptors (Lipinski definition) is 3. The van der Waals surface area contributed by atoms with E-state index in [9.17, 15) is 22.8 Å². The normalized spacial score (nSPS) is 11.8. The lowest BCUT2D eigenvalue weighted by molar-refractivity contribution is -0.137. The molecule has 0 saturated carbocycles. The molecular weight excluding hydrogens is 385 g/mol. The summed E-state index contributed by atoms with van der Waals surface area (Å²) in [7, 11) is 1.46. The molecule has 2 rings (SSSR count). The van der Waals surface area contributed by atoms with Crippen molar-refractivity contribution in [3.05, 3.63) is 40.3 Å². The number of nitrogens with zero attached hydrogens (tertiary/aromatic N) is 3. The van der Waals surface area contributed by atoms with E-state index >= 15 is 0 Å². The highest BCUT2D eigenvalue weighted by atomic mass is 19.4. The third-order valence-electron chi connectivity index (χ3n) is 4.76. The maximum Gasteiger partial charge on any atom is 0.416 e. The predicted octanol–water partition coefficient (Wildman–Crippen LogP) is 3.60. The summed E-state index contributed by atoms with van der Waals surface area (Å²) in [6, 6.07) is 4.69. The summed E-state index contributed by atoms with van der Waals surface area (Å²) in [6.07, 6.45) is -1.03. The van der Waals surface area contributed by atoms with Gasteiger partial charge in [-0.3, -0.25) is 9.36 Å². The van der Waals surface area contributed by atoms with Crippen molar-refractivity contribution < 1.29 is 18.0 Å². The molecule has 1 aromatic heterocycles. The molecule has 6 nitrogen and oxygen atoms in total. The quantitative estimate of drug-likeness (QED) is 0.684. The van der Waals surface area contributed by atoms with E-state index in [1.807, 2.05) is 13.8 Å². The van der Waals surface area contributed by atoms with Gasteiger partial charge in [0.2, 0.25) is 5.91 Å². The van der Waals surface area contributed by atoms with Gasteiger partial charge in [-0.05, 0) is 25.0 Å². The second-order valence-electron chi connectivity index (χ2n) is 7.03.